The van der Waals surface area contributed by atoms with E-state index < -0.39 is 28.1 Å². The Bertz CT molecular complexity index is 1390. The van der Waals surface area contributed by atoms with E-state index in [4.69, 9.17) is 28.4 Å². The van der Waals surface area contributed by atoms with Crippen LogP contribution in [0.3, 0.4) is 0 Å². The van der Waals surface area contributed by atoms with Crippen molar-refractivity contribution in [3.05, 3.63) is 83.4 Å². The van der Waals surface area contributed by atoms with Crippen molar-refractivity contribution < 1.29 is 47.9 Å². The van der Waals surface area contributed by atoms with Gasteiger partial charge in [0.1, 0.15) is 6.61 Å². The number of hydrogen-bond donors (Lipinski definition) is 1. The molecule has 0 unspecified atom stereocenters. The molecule has 0 heterocycles. The van der Waals surface area contributed by atoms with E-state index in [1.54, 1.807) is 18.2 Å². The van der Waals surface area contributed by atoms with Gasteiger partial charge in [0.25, 0.3) is 0 Å². The number of carbonyl (C=O) groups excluding carboxylic acids is 2. The fraction of sp³-hybridized carbons (Fsp3) is 0.429. The predicted octanol–water partition coefficient (Wildman–Crippen LogP) is 7.61. The van der Waals surface area contributed by atoms with Gasteiger partial charge < -0.3 is 38.3 Å². The summed E-state index contributed by atoms with van der Waals surface area (Å²) in [6.07, 6.45) is 0. The Morgan fingerprint density at radius 2 is 1.11 bits per heavy atom. The molecule has 0 aliphatic heterocycles. The van der Waals surface area contributed by atoms with Crippen LogP contribution in [0.1, 0.15) is 26.3 Å². The second-order valence-electron chi connectivity index (χ2n) is 13.1. The van der Waals surface area contributed by atoms with E-state index in [1.807, 2.05) is 30.3 Å². The Balaban J connectivity index is 0.000000343. The van der Waals surface area contributed by atoms with Gasteiger partial charge in [-0.25, -0.2) is 9.59 Å². The second-order valence-corrected chi connectivity index (χ2v) is 24.3. The first kappa shape index (κ1) is 39.3. The summed E-state index contributed by atoms with van der Waals surface area (Å²) in [4.78, 5) is 23.2. The molecule has 0 aliphatic carbocycles. The number of esters is 2. The fourth-order valence-electron chi connectivity index (χ4n) is 3.68. The first-order valence-electron chi connectivity index (χ1n) is 15.4. The largest absolute Gasteiger partial charge is 0.504 e. The first-order valence-corrected chi connectivity index (χ1v) is 22.9. The lowest BCUT2D eigenvalue weighted by molar-refractivity contribution is 0.0198. The van der Waals surface area contributed by atoms with Crippen LogP contribution in [-0.4, -0.2) is 74.2 Å². The zero-order valence-electron chi connectivity index (χ0n) is 28.9. The summed E-state index contributed by atoms with van der Waals surface area (Å²) < 4.78 is 37.3. The van der Waals surface area contributed by atoms with Gasteiger partial charge in [0, 0.05) is 29.4 Å². The van der Waals surface area contributed by atoms with Crippen molar-refractivity contribution in [1.82, 2.24) is 0 Å². The standard InChI is InChI=1S/C21H28O5Si.C14H22O5Si/c1-23-21(22)18-10-11-19(25-15-17-8-6-5-7-9-17)20(14-18)26-16-24-12-13-27(2,3)4;1-17-14(16)11-5-6-12(15)13(9-11)19-10-18-7-8-20(2,3)4/h5-11,14H,12-13,15-16H2,1-4H3;5-6,9,15H,7-8,10H2,1-4H3. The Hall–Kier alpha value is -3.85. The average Bonchev–Trinajstić information content (AvgIpc) is 3.03. The summed E-state index contributed by atoms with van der Waals surface area (Å²) in [5.74, 6) is 0.290. The number of carbonyl (C=O) groups is 2. The summed E-state index contributed by atoms with van der Waals surface area (Å²) in [5.41, 5.74) is 1.77. The maximum absolute atomic E-state index is 11.8. The summed E-state index contributed by atoms with van der Waals surface area (Å²) >= 11 is 0. The SMILES string of the molecule is COC(=O)c1ccc(O)c(OCOCC[Si](C)(C)C)c1.COC(=O)c1ccc(OCc2ccccc2)c(OCOCC[Si](C)(C)C)c1. The van der Waals surface area contributed by atoms with Crippen LogP contribution in [0.2, 0.25) is 51.4 Å². The summed E-state index contributed by atoms with van der Waals surface area (Å²) in [6.45, 7) is 15.5. The van der Waals surface area contributed by atoms with E-state index in [0.717, 1.165) is 17.7 Å². The van der Waals surface area contributed by atoms with Crippen molar-refractivity contribution in [2.45, 2.75) is 58.0 Å². The number of hydrogen-bond acceptors (Lipinski definition) is 10. The zero-order chi connectivity index (χ0) is 34.9. The van der Waals surface area contributed by atoms with Crippen LogP contribution >= 0.6 is 0 Å². The summed E-state index contributed by atoms with van der Waals surface area (Å²) in [6, 6.07) is 21.3. The van der Waals surface area contributed by atoms with E-state index in [0.29, 0.717) is 42.4 Å². The van der Waals surface area contributed by atoms with Gasteiger partial charge in [-0.3, -0.25) is 0 Å². The van der Waals surface area contributed by atoms with Gasteiger partial charge >= 0.3 is 11.9 Å². The van der Waals surface area contributed by atoms with Crippen LogP contribution in [0.5, 0.6) is 23.0 Å². The Labute approximate surface area is 280 Å². The molecule has 0 aliphatic rings. The molecule has 10 nitrogen and oxygen atoms in total. The smallest absolute Gasteiger partial charge is 0.337 e. The van der Waals surface area contributed by atoms with Crippen molar-refractivity contribution in [2.75, 3.05) is 41.0 Å². The quantitative estimate of drug-likeness (QED) is 0.0658. The van der Waals surface area contributed by atoms with Gasteiger partial charge in [0.2, 0.25) is 0 Å². The zero-order valence-corrected chi connectivity index (χ0v) is 30.9. The minimum absolute atomic E-state index is 0.0357. The van der Waals surface area contributed by atoms with E-state index in [-0.39, 0.29) is 25.1 Å². The van der Waals surface area contributed by atoms with E-state index in [9.17, 15) is 14.7 Å². The first-order chi connectivity index (χ1) is 22.2. The fourth-order valence-corrected chi connectivity index (χ4v) is 5.19. The highest BCUT2D eigenvalue weighted by Crippen LogP contribution is 2.30. The minimum Gasteiger partial charge on any atom is -0.504 e. The van der Waals surface area contributed by atoms with Crippen LogP contribution in [0.4, 0.5) is 0 Å². The molecule has 0 aromatic heterocycles. The van der Waals surface area contributed by atoms with Crippen molar-refractivity contribution in [1.29, 1.82) is 0 Å². The summed E-state index contributed by atoms with van der Waals surface area (Å²) in [7, 11) is 0.390. The molecule has 0 amide bonds. The third-order valence-electron chi connectivity index (χ3n) is 6.57. The second kappa shape index (κ2) is 19.7. The average molecular weight is 687 g/mol. The molecule has 0 radical (unpaired) electrons. The third kappa shape index (κ3) is 16.0. The molecule has 0 atom stereocenters. The van der Waals surface area contributed by atoms with Crippen LogP contribution in [-0.2, 0) is 25.6 Å². The van der Waals surface area contributed by atoms with Gasteiger partial charge in [-0.15, -0.1) is 0 Å². The molecule has 258 valence electrons. The number of phenolic OH excluding ortho intramolecular Hbond substituents is 1. The van der Waals surface area contributed by atoms with Crippen LogP contribution < -0.4 is 14.2 Å². The molecule has 0 fully saturated rings. The molecule has 47 heavy (non-hydrogen) atoms. The highest BCUT2D eigenvalue weighted by Gasteiger charge is 2.15. The lowest BCUT2D eigenvalue weighted by atomic mass is 10.2. The molecule has 1 N–H and O–H groups in total. The van der Waals surface area contributed by atoms with Gasteiger partial charge in [0.05, 0.1) is 25.3 Å². The number of aromatic hydroxyl groups is 1. The normalized spacial score (nSPS) is 11.1. The van der Waals surface area contributed by atoms with Crippen LogP contribution in [0.15, 0.2) is 66.7 Å². The molecule has 3 aromatic rings. The van der Waals surface area contributed by atoms with Gasteiger partial charge in [-0.1, -0.05) is 69.6 Å². The molecule has 0 spiro atoms. The molecular weight excluding hydrogens is 637 g/mol. The summed E-state index contributed by atoms with van der Waals surface area (Å²) in [5, 5.41) is 9.65. The molecule has 0 saturated heterocycles. The molecule has 0 saturated carbocycles. The van der Waals surface area contributed by atoms with Gasteiger partial charge in [-0.2, -0.15) is 0 Å². The number of phenols is 1. The molecule has 12 heteroatoms. The van der Waals surface area contributed by atoms with Crippen molar-refractivity contribution in [3.8, 4) is 23.0 Å². The topological polar surface area (TPSA) is 119 Å². The van der Waals surface area contributed by atoms with Crippen molar-refractivity contribution in [2.24, 2.45) is 0 Å². The van der Waals surface area contributed by atoms with E-state index in [2.05, 4.69) is 44.0 Å². The maximum Gasteiger partial charge on any atom is 0.337 e. The molecular formula is C35H50O10Si2. The Morgan fingerprint density at radius 3 is 1.62 bits per heavy atom. The molecule has 3 aromatic carbocycles. The molecule has 3 rings (SSSR count). The number of ether oxygens (including phenoxy) is 7. The van der Waals surface area contributed by atoms with E-state index in [1.165, 1.54) is 32.4 Å². The predicted molar refractivity (Wildman–Crippen MR) is 187 cm³/mol. The third-order valence-corrected chi connectivity index (χ3v) is 9.98. The van der Waals surface area contributed by atoms with Gasteiger partial charge in [0.15, 0.2) is 36.6 Å². The minimum atomic E-state index is -1.14. The lowest BCUT2D eigenvalue weighted by Crippen LogP contribution is -2.22. The highest BCUT2D eigenvalue weighted by molar-refractivity contribution is 6.76. The Kier molecular flexibility index (Phi) is 16.5. The Morgan fingerprint density at radius 1 is 0.617 bits per heavy atom. The van der Waals surface area contributed by atoms with Crippen molar-refractivity contribution >= 4 is 28.1 Å². The van der Waals surface area contributed by atoms with Crippen molar-refractivity contribution in [3.63, 3.8) is 0 Å². The van der Waals surface area contributed by atoms with Gasteiger partial charge in [-0.05, 0) is 54.0 Å². The number of rotatable bonds is 17. The van der Waals surface area contributed by atoms with Crippen LogP contribution in [0, 0.1) is 0 Å². The van der Waals surface area contributed by atoms with Crippen LogP contribution in [0.25, 0.3) is 0 Å². The maximum atomic E-state index is 11.8. The lowest BCUT2D eigenvalue weighted by Gasteiger charge is -2.17. The monoisotopic (exact) mass is 686 g/mol. The highest BCUT2D eigenvalue weighted by atomic mass is 28.3. The van der Waals surface area contributed by atoms with E-state index >= 15 is 0 Å². The number of benzene rings is 3. The molecule has 0 bridgehead atoms. The number of methoxy groups -OCH3 is 2.